The lowest BCUT2D eigenvalue weighted by Crippen LogP contribution is -2.47. The van der Waals surface area contributed by atoms with Crippen LogP contribution in [0, 0.1) is 11.7 Å². The van der Waals surface area contributed by atoms with Crippen LogP contribution in [-0.2, 0) is 15.0 Å². The number of nitrogens with one attached hydrogen (secondary N) is 1. The minimum absolute atomic E-state index is 0.0273. The van der Waals surface area contributed by atoms with E-state index >= 15 is 0 Å². The molecule has 5 rings (SSSR count). The highest BCUT2D eigenvalue weighted by Crippen LogP contribution is 2.52. The summed E-state index contributed by atoms with van der Waals surface area (Å²) in [5.74, 6) is 0.0148. The van der Waals surface area contributed by atoms with Gasteiger partial charge in [0.05, 0.1) is 11.9 Å². The summed E-state index contributed by atoms with van der Waals surface area (Å²) < 4.78 is 14.9. The Morgan fingerprint density at radius 1 is 1.10 bits per heavy atom. The molecule has 2 aliphatic heterocycles. The molecule has 6 nitrogen and oxygen atoms in total. The number of nitrogens with zero attached hydrogens (tertiary/aromatic N) is 3. The Morgan fingerprint density at radius 2 is 1.83 bits per heavy atom. The maximum Gasteiger partial charge on any atom is 0.242 e. The molecule has 1 aromatic heterocycles. The SMILES string of the molecule is CC(C)CN1C(=O)C2(CC(=O)Nc3c2cnn3-c2ccc(F)cc2)c2ccccc21. The Labute approximate surface area is 173 Å². The summed E-state index contributed by atoms with van der Waals surface area (Å²) in [6.45, 7) is 4.69. The van der Waals surface area contributed by atoms with Gasteiger partial charge in [-0.3, -0.25) is 9.59 Å². The van der Waals surface area contributed by atoms with E-state index in [2.05, 4.69) is 24.3 Å². The molecule has 7 heteroatoms. The molecule has 1 spiro atoms. The predicted molar refractivity (Wildman–Crippen MR) is 111 cm³/mol. The van der Waals surface area contributed by atoms with E-state index in [4.69, 9.17) is 0 Å². The number of benzene rings is 2. The Bertz CT molecular complexity index is 1170. The van der Waals surface area contributed by atoms with Crippen LogP contribution in [0.4, 0.5) is 15.9 Å². The number of hydrogen-bond acceptors (Lipinski definition) is 3. The number of halogens is 1. The molecule has 0 fully saturated rings. The van der Waals surface area contributed by atoms with Crippen LogP contribution < -0.4 is 10.2 Å². The first-order valence-electron chi connectivity index (χ1n) is 9.97. The number of amides is 2. The van der Waals surface area contributed by atoms with Crippen LogP contribution in [0.15, 0.2) is 54.7 Å². The first kappa shape index (κ1) is 18.5. The molecule has 2 aromatic carbocycles. The van der Waals surface area contributed by atoms with Gasteiger partial charge in [-0.15, -0.1) is 0 Å². The highest BCUT2D eigenvalue weighted by atomic mass is 19.1. The van der Waals surface area contributed by atoms with Crippen molar-refractivity contribution >= 4 is 23.3 Å². The number of para-hydroxylation sites is 1. The number of carbonyl (C=O) groups excluding carboxylic acids is 2. The first-order chi connectivity index (χ1) is 14.4. The monoisotopic (exact) mass is 404 g/mol. The molecule has 1 unspecified atom stereocenters. The molecule has 2 aliphatic rings. The van der Waals surface area contributed by atoms with Crippen molar-refractivity contribution in [3.63, 3.8) is 0 Å². The van der Waals surface area contributed by atoms with Crippen LogP contribution in [-0.4, -0.2) is 28.1 Å². The van der Waals surface area contributed by atoms with Gasteiger partial charge in [-0.05, 0) is 41.8 Å². The van der Waals surface area contributed by atoms with Crippen LogP contribution in [0.5, 0.6) is 0 Å². The molecule has 0 radical (unpaired) electrons. The molecule has 30 heavy (non-hydrogen) atoms. The third-order valence-corrected chi connectivity index (χ3v) is 5.80. The van der Waals surface area contributed by atoms with Gasteiger partial charge in [0, 0.05) is 24.2 Å². The molecule has 1 N–H and O–H groups in total. The van der Waals surface area contributed by atoms with Gasteiger partial charge < -0.3 is 10.2 Å². The van der Waals surface area contributed by atoms with Crippen LogP contribution in [0.1, 0.15) is 31.4 Å². The minimum Gasteiger partial charge on any atom is -0.311 e. The molecular formula is C23H21FN4O2. The maximum absolute atomic E-state index is 13.8. The number of anilines is 2. The second-order valence-electron chi connectivity index (χ2n) is 8.25. The summed E-state index contributed by atoms with van der Waals surface area (Å²) in [5.41, 5.74) is 1.82. The number of hydrogen-bond donors (Lipinski definition) is 1. The maximum atomic E-state index is 13.8. The van der Waals surface area contributed by atoms with Gasteiger partial charge in [0.25, 0.3) is 0 Å². The lowest BCUT2D eigenvalue weighted by atomic mass is 9.72. The standard InChI is InChI=1S/C23H21FN4O2/c1-14(2)13-27-19-6-4-3-5-17(19)23(22(27)30)11-20(29)26-21-18(23)12-25-28(21)16-9-7-15(24)8-10-16/h3-10,12,14H,11,13H2,1-2H3,(H,26,29). The summed E-state index contributed by atoms with van der Waals surface area (Å²) in [5, 5.41) is 7.33. The molecule has 0 saturated carbocycles. The van der Waals surface area contributed by atoms with Crippen molar-refractivity contribution in [1.82, 2.24) is 9.78 Å². The van der Waals surface area contributed by atoms with E-state index in [1.807, 2.05) is 24.3 Å². The van der Waals surface area contributed by atoms with E-state index in [9.17, 15) is 14.0 Å². The van der Waals surface area contributed by atoms with Crippen molar-refractivity contribution in [3.8, 4) is 5.69 Å². The highest BCUT2D eigenvalue weighted by molar-refractivity contribution is 6.15. The van der Waals surface area contributed by atoms with Gasteiger partial charge in [0.2, 0.25) is 11.8 Å². The summed E-state index contributed by atoms with van der Waals surface area (Å²) in [4.78, 5) is 28.4. The van der Waals surface area contributed by atoms with Crippen molar-refractivity contribution < 1.29 is 14.0 Å². The van der Waals surface area contributed by atoms with E-state index in [1.165, 1.54) is 12.1 Å². The van der Waals surface area contributed by atoms with E-state index in [1.54, 1.807) is 27.9 Å². The highest BCUT2D eigenvalue weighted by Gasteiger charge is 2.57. The summed E-state index contributed by atoms with van der Waals surface area (Å²) in [6.07, 6.45) is 1.67. The van der Waals surface area contributed by atoms with Gasteiger partial charge in [-0.2, -0.15) is 5.10 Å². The van der Waals surface area contributed by atoms with E-state index in [-0.39, 0.29) is 30.0 Å². The molecule has 3 aromatic rings. The zero-order valence-electron chi connectivity index (χ0n) is 16.7. The quantitative estimate of drug-likeness (QED) is 0.725. The number of aromatic nitrogens is 2. The molecule has 3 heterocycles. The Kier molecular flexibility index (Phi) is 4.03. The van der Waals surface area contributed by atoms with Gasteiger partial charge >= 0.3 is 0 Å². The van der Waals surface area contributed by atoms with Gasteiger partial charge in [-0.25, -0.2) is 9.07 Å². The van der Waals surface area contributed by atoms with E-state index in [0.29, 0.717) is 23.6 Å². The Hall–Kier alpha value is -3.48. The van der Waals surface area contributed by atoms with Crippen molar-refractivity contribution in [2.45, 2.75) is 25.7 Å². The summed E-state index contributed by atoms with van der Waals surface area (Å²) in [6, 6.07) is 13.5. The van der Waals surface area contributed by atoms with Crippen molar-refractivity contribution in [2.75, 3.05) is 16.8 Å². The normalized spacial score (nSPS) is 19.9. The molecule has 0 bridgehead atoms. The predicted octanol–water partition coefficient (Wildman–Crippen LogP) is 3.64. The lowest BCUT2D eigenvalue weighted by molar-refractivity contribution is -0.126. The molecular weight excluding hydrogens is 383 g/mol. The largest absolute Gasteiger partial charge is 0.311 e. The van der Waals surface area contributed by atoms with Crippen LogP contribution in [0.3, 0.4) is 0 Å². The average Bonchev–Trinajstić information content (AvgIpc) is 3.23. The second-order valence-corrected chi connectivity index (χ2v) is 8.25. The van der Waals surface area contributed by atoms with E-state index in [0.717, 1.165) is 11.3 Å². The summed E-state index contributed by atoms with van der Waals surface area (Å²) in [7, 11) is 0. The smallest absolute Gasteiger partial charge is 0.242 e. The molecule has 0 saturated heterocycles. The van der Waals surface area contributed by atoms with Crippen molar-refractivity contribution in [1.29, 1.82) is 0 Å². The number of fused-ring (bicyclic) bond motifs is 4. The fourth-order valence-electron chi connectivity index (χ4n) is 4.57. The average molecular weight is 404 g/mol. The third kappa shape index (κ3) is 2.51. The van der Waals surface area contributed by atoms with Gasteiger partial charge in [0.15, 0.2) is 0 Å². The Balaban J connectivity index is 1.72. The fourth-order valence-corrected chi connectivity index (χ4v) is 4.57. The van der Waals surface area contributed by atoms with Gasteiger partial charge in [-0.1, -0.05) is 32.0 Å². The van der Waals surface area contributed by atoms with Crippen molar-refractivity contribution in [2.24, 2.45) is 5.92 Å². The Morgan fingerprint density at radius 3 is 2.57 bits per heavy atom. The fraction of sp³-hybridized carbons (Fsp3) is 0.261. The number of carbonyl (C=O) groups is 2. The molecule has 0 aliphatic carbocycles. The van der Waals surface area contributed by atoms with E-state index < -0.39 is 5.41 Å². The first-order valence-corrected chi connectivity index (χ1v) is 9.97. The lowest BCUT2D eigenvalue weighted by Gasteiger charge is -2.32. The van der Waals surface area contributed by atoms with Crippen molar-refractivity contribution in [3.05, 3.63) is 71.7 Å². The van der Waals surface area contributed by atoms with Gasteiger partial charge in [0.1, 0.15) is 17.1 Å². The topological polar surface area (TPSA) is 67.2 Å². The minimum atomic E-state index is -1.11. The van der Waals surface area contributed by atoms with Crippen LogP contribution in [0.2, 0.25) is 0 Å². The second kappa shape index (κ2) is 6.52. The molecule has 2 amide bonds. The zero-order chi connectivity index (χ0) is 21.0. The van der Waals surface area contributed by atoms with Crippen LogP contribution >= 0.6 is 0 Å². The third-order valence-electron chi connectivity index (χ3n) is 5.80. The zero-order valence-corrected chi connectivity index (χ0v) is 16.7. The van der Waals surface area contributed by atoms with Crippen LogP contribution in [0.25, 0.3) is 5.69 Å². The summed E-state index contributed by atoms with van der Waals surface area (Å²) >= 11 is 0. The molecule has 1 atom stereocenters. The molecule has 152 valence electrons. The number of rotatable bonds is 3.